The van der Waals surface area contributed by atoms with Crippen LogP contribution in [0.3, 0.4) is 0 Å². The van der Waals surface area contributed by atoms with E-state index < -0.39 is 5.97 Å². The largest absolute Gasteiger partial charge is 0.481 e. The van der Waals surface area contributed by atoms with Crippen molar-refractivity contribution in [2.24, 2.45) is 12.5 Å². The van der Waals surface area contributed by atoms with Gasteiger partial charge in [-0.25, -0.2) is 4.68 Å². The van der Waals surface area contributed by atoms with Crippen molar-refractivity contribution in [3.63, 3.8) is 0 Å². The molecule has 0 fully saturated rings. The molecular formula is C13H20N6O2. The van der Waals surface area contributed by atoms with E-state index in [1.807, 2.05) is 0 Å². The standard InChI is InChI=1S/C13H20N6O2/c1-13(2,3)8-9(7-11(20)21)19-12(15-16-17-19)10-5-6-14-18(10)4/h5-6,9H,7-8H2,1-4H3,(H,20,21). The van der Waals surface area contributed by atoms with Gasteiger partial charge in [0.2, 0.25) is 5.82 Å². The van der Waals surface area contributed by atoms with Crippen LogP contribution < -0.4 is 0 Å². The summed E-state index contributed by atoms with van der Waals surface area (Å²) in [5.41, 5.74) is 0.722. The maximum atomic E-state index is 11.2. The van der Waals surface area contributed by atoms with Crippen molar-refractivity contribution in [1.29, 1.82) is 0 Å². The van der Waals surface area contributed by atoms with Gasteiger partial charge in [-0.2, -0.15) is 5.10 Å². The summed E-state index contributed by atoms with van der Waals surface area (Å²) < 4.78 is 3.26. The highest BCUT2D eigenvalue weighted by atomic mass is 16.4. The molecule has 2 aromatic rings. The number of carboxylic acids is 1. The number of hydrogen-bond acceptors (Lipinski definition) is 5. The molecule has 114 valence electrons. The molecule has 21 heavy (non-hydrogen) atoms. The lowest BCUT2D eigenvalue weighted by Crippen LogP contribution is -2.22. The quantitative estimate of drug-likeness (QED) is 0.897. The zero-order valence-corrected chi connectivity index (χ0v) is 12.7. The Hall–Kier alpha value is -2.25. The molecule has 2 aromatic heterocycles. The van der Waals surface area contributed by atoms with Gasteiger partial charge in [-0.05, 0) is 28.3 Å². The number of rotatable bonds is 5. The van der Waals surface area contributed by atoms with Crippen LogP contribution in [0.1, 0.15) is 39.7 Å². The zero-order chi connectivity index (χ0) is 15.6. The lowest BCUT2D eigenvalue weighted by atomic mass is 9.87. The molecule has 8 nitrogen and oxygen atoms in total. The predicted molar refractivity (Wildman–Crippen MR) is 75.4 cm³/mol. The van der Waals surface area contributed by atoms with Crippen LogP contribution in [-0.4, -0.2) is 41.1 Å². The van der Waals surface area contributed by atoms with Crippen LogP contribution in [0.15, 0.2) is 12.3 Å². The first-order valence-corrected chi connectivity index (χ1v) is 6.76. The molecule has 1 atom stereocenters. The van der Waals surface area contributed by atoms with E-state index in [2.05, 4.69) is 41.4 Å². The van der Waals surface area contributed by atoms with Crippen molar-refractivity contribution in [3.8, 4) is 11.5 Å². The van der Waals surface area contributed by atoms with Gasteiger partial charge in [-0.1, -0.05) is 20.8 Å². The lowest BCUT2D eigenvalue weighted by Gasteiger charge is -2.25. The van der Waals surface area contributed by atoms with Crippen LogP contribution in [0.2, 0.25) is 0 Å². The minimum absolute atomic E-state index is 0.0207. The molecular weight excluding hydrogens is 272 g/mol. The summed E-state index contributed by atoms with van der Waals surface area (Å²) >= 11 is 0. The molecule has 0 saturated carbocycles. The summed E-state index contributed by atoms with van der Waals surface area (Å²) in [6.07, 6.45) is 2.30. The summed E-state index contributed by atoms with van der Waals surface area (Å²) in [5.74, 6) is -0.332. The molecule has 2 rings (SSSR count). The maximum absolute atomic E-state index is 11.2. The SMILES string of the molecule is Cn1nccc1-c1nnnn1C(CC(=O)O)CC(C)(C)C. The van der Waals surface area contributed by atoms with Crippen molar-refractivity contribution in [1.82, 2.24) is 30.0 Å². The van der Waals surface area contributed by atoms with Gasteiger partial charge in [0.25, 0.3) is 0 Å². The Balaban J connectivity index is 2.39. The monoisotopic (exact) mass is 292 g/mol. The first-order chi connectivity index (χ1) is 9.78. The van der Waals surface area contributed by atoms with Gasteiger partial charge in [0.15, 0.2) is 0 Å². The van der Waals surface area contributed by atoms with E-state index >= 15 is 0 Å². The third-order valence-electron chi connectivity index (χ3n) is 3.15. The number of carboxylic acid groups (broad SMARTS) is 1. The molecule has 2 heterocycles. The van der Waals surface area contributed by atoms with Crippen molar-refractivity contribution in [2.45, 2.75) is 39.7 Å². The first kappa shape index (κ1) is 15.1. The fourth-order valence-corrected chi connectivity index (χ4v) is 2.36. The molecule has 0 bridgehead atoms. The molecule has 0 radical (unpaired) electrons. The smallest absolute Gasteiger partial charge is 0.305 e. The second-order valence-electron chi connectivity index (χ2n) is 6.30. The number of carbonyl (C=O) groups is 1. The third-order valence-corrected chi connectivity index (χ3v) is 3.15. The molecule has 1 N–H and O–H groups in total. The predicted octanol–water partition coefficient (Wildman–Crippen LogP) is 1.53. The molecule has 0 aliphatic heterocycles. The number of hydrogen-bond donors (Lipinski definition) is 1. The highest BCUT2D eigenvalue weighted by molar-refractivity contribution is 5.67. The summed E-state index contributed by atoms with van der Waals surface area (Å²) in [5, 5.41) is 25.0. The number of aryl methyl sites for hydroxylation is 1. The second kappa shape index (κ2) is 5.63. The number of tetrazole rings is 1. The summed E-state index contributed by atoms with van der Waals surface area (Å²) in [6, 6.07) is 1.50. The molecule has 0 aromatic carbocycles. The lowest BCUT2D eigenvalue weighted by molar-refractivity contribution is -0.138. The fraction of sp³-hybridized carbons (Fsp3) is 0.615. The Morgan fingerprint density at radius 3 is 2.67 bits per heavy atom. The van der Waals surface area contributed by atoms with Crippen LogP contribution in [0, 0.1) is 5.41 Å². The minimum Gasteiger partial charge on any atom is -0.481 e. The Kier molecular flexibility index (Phi) is 4.06. The maximum Gasteiger partial charge on any atom is 0.305 e. The molecule has 0 aliphatic carbocycles. The molecule has 1 unspecified atom stereocenters. The van der Waals surface area contributed by atoms with Crippen LogP contribution in [0.5, 0.6) is 0 Å². The van der Waals surface area contributed by atoms with E-state index in [9.17, 15) is 4.79 Å². The Morgan fingerprint density at radius 2 is 2.14 bits per heavy atom. The van der Waals surface area contributed by atoms with E-state index in [-0.39, 0.29) is 17.9 Å². The number of nitrogens with zero attached hydrogens (tertiary/aromatic N) is 6. The highest BCUT2D eigenvalue weighted by Crippen LogP contribution is 2.31. The minimum atomic E-state index is -0.865. The van der Waals surface area contributed by atoms with Gasteiger partial charge in [0.1, 0.15) is 5.69 Å². The topological polar surface area (TPSA) is 98.7 Å². The van der Waals surface area contributed by atoms with Crippen molar-refractivity contribution < 1.29 is 9.90 Å². The summed E-state index contributed by atoms with van der Waals surface area (Å²) in [7, 11) is 1.80. The van der Waals surface area contributed by atoms with Crippen molar-refractivity contribution >= 4 is 5.97 Å². The van der Waals surface area contributed by atoms with Gasteiger partial charge < -0.3 is 5.11 Å². The number of aliphatic carboxylic acids is 1. The molecule has 0 spiro atoms. The normalized spacial score (nSPS) is 13.3. The van der Waals surface area contributed by atoms with E-state index in [4.69, 9.17) is 5.11 Å². The van der Waals surface area contributed by atoms with Crippen LogP contribution in [0.4, 0.5) is 0 Å². The van der Waals surface area contributed by atoms with E-state index in [0.717, 1.165) is 5.69 Å². The van der Waals surface area contributed by atoms with Gasteiger partial charge in [-0.15, -0.1) is 5.10 Å². The van der Waals surface area contributed by atoms with Crippen molar-refractivity contribution in [3.05, 3.63) is 12.3 Å². The second-order valence-corrected chi connectivity index (χ2v) is 6.30. The average molecular weight is 292 g/mol. The Bertz CT molecular complexity index is 625. The average Bonchev–Trinajstić information content (AvgIpc) is 2.93. The Labute approximate surface area is 122 Å². The molecule has 0 amide bonds. The Morgan fingerprint density at radius 1 is 1.43 bits per heavy atom. The fourth-order valence-electron chi connectivity index (χ4n) is 2.36. The molecule has 0 saturated heterocycles. The van der Waals surface area contributed by atoms with Crippen molar-refractivity contribution in [2.75, 3.05) is 0 Å². The van der Waals surface area contributed by atoms with E-state index in [0.29, 0.717) is 12.2 Å². The van der Waals surface area contributed by atoms with Gasteiger partial charge in [-0.3, -0.25) is 9.48 Å². The molecule has 8 heteroatoms. The van der Waals surface area contributed by atoms with Crippen LogP contribution in [-0.2, 0) is 11.8 Å². The highest BCUT2D eigenvalue weighted by Gasteiger charge is 2.27. The van der Waals surface area contributed by atoms with Gasteiger partial charge in [0.05, 0.1) is 12.5 Å². The first-order valence-electron chi connectivity index (χ1n) is 6.76. The zero-order valence-electron chi connectivity index (χ0n) is 12.7. The third kappa shape index (κ3) is 3.65. The molecule has 0 aliphatic rings. The summed E-state index contributed by atoms with van der Waals surface area (Å²) in [6.45, 7) is 6.20. The van der Waals surface area contributed by atoms with Gasteiger partial charge in [0, 0.05) is 13.2 Å². The van der Waals surface area contributed by atoms with Crippen LogP contribution in [0.25, 0.3) is 11.5 Å². The van der Waals surface area contributed by atoms with Gasteiger partial charge >= 0.3 is 5.97 Å². The van der Waals surface area contributed by atoms with Crippen LogP contribution >= 0.6 is 0 Å². The summed E-state index contributed by atoms with van der Waals surface area (Å²) in [4.78, 5) is 11.2. The number of aromatic nitrogens is 6. The van der Waals surface area contributed by atoms with E-state index in [1.54, 1.807) is 28.7 Å². The van der Waals surface area contributed by atoms with E-state index in [1.165, 1.54) is 0 Å².